The van der Waals surface area contributed by atoms with E-state index in [1.54, 1.807) is 12.3 Å². The predicted octanol–water partition coefficient (Wildman–Crippen LogP) is 2.03. The van der Waals surface area contributed by atoms with Crippen molar-refractivity contribution in [1.29, 1.82) is 0 Å². The van der Waals surface area contributed by atoms with Crippen LogP contribution in [0.2, 0.25) is 0 Å². The number of hydrogen-bond donors (Lipinski definition) is 1. The van der Waals surface area contributed by atoms with Crippen LogP contribution in [0.3, 0.4) is 0 Å². The molecule has 0 saturated heterocycles. The molecular formula is C9H12BrNO2. The molecule has 4 heteroatoms. The Hall–Kier alpha value is -0.770. The van der Waals surface area contributed by atoms with E-state index in [0.29, 0.717) is 5.33 Å². The van der Waals surface area contributed by atoms with Crippen LogP contribution in [-0.2, 0) is 10.3 Å². The molecule has 0 atom stereocenters. The second-order valence-electron chi connectivity index (χ2n) is 3.28. The minimum Gasteiger partial charge on any atom is -0.467 e. The molecule has 0 aliphatic heterocycles. The minimum atomic E-state index is -0.450. The Morgan fingerprint density at radius 1 is 1.69 bits per heavy atom. The highest BCUT2D eigenvalue weighted by atomic mass is 79.9. The van der Waals surface area contributed by atoms with Crippen LogP contribution in [0.1, 0.15) is 19.6 Å². The average molecular weight is 246 g/mol. The van der Waals surface area contributed by atoms with Gasteiger partial charge in [0.1, 0.15) is 5.76 Å². The lowest BCUT2D eigenvalue weighted by atomic mass is 10.0. The molecule has 1 heterocycles. The fourth-order valence-electron chi connectivity index (χ4n) is 1.08. The van der Waals surface area contributed by atoms with Crippen molar-refractivity contribution in [2.45, 2.75) is 19.4 Å². The second-order valence-corrected chi connectivity index (χ2v) is 3.84. The summed E-state index contributed by atoms with van der Waals surface area (Å²) in [5.74, 6) is 0.697. The van der Waals surface area contributed by atoms with Crippen LogP contribution in [0.5, 0.6) is 0 Å². The summed E-state index contributed by atoms with van der Waals surface area (Å²) in [6.07, 6.45) is 1.59. The molecule has 0 spiro atoms. The summed E-state index contributed by atoms with van der Waals surface area (Å²) in [6.45, 7) is 3.79. The van der Waals surface area contributed by atoms with E-state index in [1.165, 1.54) is 0 Å². The van der Waals surface area contributed by atoms with Gasteiger partial charge in [-0.1, -0.05) is 15.9 Å². The number of alkyl halides is 1. The average Bonchev–Trinajstić information content (AvgIpc) is 2.55. The van der Waals surface area contributed by atoms with Crippen LogP contribution in [-0.4, -0.2) is 11.2 Å². The van der Waals surface area contributed by atoms with Gasteiger partial charge in [0, 0.05) is 0 Å². The Balaban J connectivity index is 2.72. The molecule has 3 nitrogen and oxygen atoms in total. The van der Waals surface area contributed by atoms with Gasteiger partial charge in [-0.25, -0.2) is 0 Å². The van der Waals surface area contributed by atoms with Gasteiger partial charge in [-0.2, -0.15) is 0 Å². The molecule has 1 amide bonds. The number of amides is 1. The summed E-state index contributed by atoms with van der Waals surface area (Å²) in [7, 11) is 0. The molecule has 0 aromatic carbocycles. The Bertz CT molecular complexity index is 280. The van der Waals surface area contributed by atoms with E-state index in [0.717, 1.165) is 5.76 Å². The summed E-state index contributed by atoms with van der Waals surface area (Å²) >= 11 is 3.09. The van der Waals surface area contributed by atoms with Crippen LogP contribution < -0.4 is 5.32 Å². The van der Waals surface area contributed by atoms with Crippen LogP contribution in [0.4, 0.5) is 0 Å². The van der Waals surface area contributed by atoms with Crippen LogP contribution in [0, 0.1) is 0 Å². The lowest BCUT2D eigenvalue weighted by molar-refractivity contribution is -0.120. The molecule has 0 saturated carbocycles. The van der Waals surface area contributed by atoms with Gasteiger partial charge in [0.2, 0.25) is 5.91 Å². The molecule has 0 aliphatic rings. The Labute approximate surface area is 85.6 Å². The first-order valence-electron chi connectivity index (χ1n) is 3.97. The maximum absolute atomic E-state index is 11.1. The van der Waals surface area contributed by atoms with E-state index in [2.05, 4.69) is 21.2 Å². The summed E-state index contributed by atoms with van der Waals surface area (Å²) in [5, 5.41) is 3.13. The summed E-state index contributed by atoms with van der Waals surface area (Å²) in [6, 6.07) is 3.64. The SMILES string of the molecule is CC(C)(NC(=O)CBr)c1ccco1. The molecule has 1 rings (SSSR count). The van der Waals surface area contributed by atoms with E-state index >= 15 is 0 Å². The summed E-state index contributed by atoms with van der Waals surface area (Å²) in [4.78, 5) is 11.1. The van der Waals surface area contributed by atoms with E-state index < -0.39 is 5.54 Å². The summed E-state index contributed by atoms with van der Waals surface area (Å²) < 4.78 is 5.21. The predicted molar refractivity (Wildman–Crippen MR) is 53.7 cm³/mol. The van der Waals surface area contributed by atoms with Crippen molar-refractivity contribution in [1.82, 2.24) is 5.32 Å². The van der Waals surface area contributed by atoms with Crippen LogP contribution in [0.15, 0.2) is 22.8 Å². The fraction of sp³-hybridized carbons (Fsp3) is 0.444. The highest BCUT2D eigenvalue weighted by Crippen LogP contribution is 2.19. The molecule has 72 valence electrons. The van der Waals surface area contributed by atoms with E-state index in [1.807, 2.05) is 19.9 Å². The third kappa shape index (κ3) is 2.59. The maximum atomic E-state index is 11.1. The quantitative estimate of drug-likeness (QED) is 0.829. The van der Waals surface area contributed by atoms with Gasteiger partial charge in [0.05, 0.1) is 17.1 Å². The fourth-order valence-corrected chi connectivity index (χ4v) is 1.22. The molecule has 0 radical (unpaired) electrons. The minimum absolute atomic E-state index is 0.0543. The van der Waals surface area contributed by atoms with Gasteiger partial charge in [-0.3, -0.25) is 4.79 Å². The lowest BCUT2D eigenvalue weighted by Gasteiger charge is -2.23. The van der Waals surface area contributed by atoms with Crippen LogP contribution >= 0.6 is 15.9 Å². The van der Waals surface area contributed by atoms with Crippen molar-refractivity contribution in [3.8, 4) is 0 Å². The van der Waals surface area contributed by atoms with Crippen molar-refractivity contribution in [2.24, 2.45) is 0 Å². The third-order valence-electron chi connectivity index (χ3n) is 1.71. The zero-order chi connectivity index (χ0) is 9.90. The number of halogens is 1. The topological polar surface area (TPSA) is 42.2 Å². The van der Waals surface area contributed by atoms with Gasteiger partial charge in [-0.15, -0.1) is 0 Å². The Morgan fingerprint density at radius 3 is 2.85 bits per heavy atom. The first-order chi connectivity index (χ1) is 6.06. The summed E-state index contributed by atoms with van der Waals surface area (Å²) in [5.41, 5.74) is -0.450. The number of hydrogen-bond acceptors (Lipinski definition) is 2. The van der Waals surface area contributed by atoms with Crippen LogP contribution in [0.25, 0.3) is 0 Å². The van der Waals surface area contributed by atoms with Crippen molar-refractivity contribution in [2.75, 3.05) is 5.33 Å². The first-order valence-corrected chi connectivity index (χ1v) is 5.09. The van der Waals surface area contributed by atoms with E-state index in [9.17, 15) is 4.79 Å². The molecular weight excluding hydrogens is 234 g/mol. The van der Waals surface area contributed by atoms with Gasteiger partial charge < -0.3 is 9.73 Å². The van der Waals surface area contributed by atoms with Gasteiger partial charge in [-0.05, 0) is 26.0 Å². The van der Waals surface area contributed by atoms with Crippen molar-refractivity contribution >= 4 is 21.8 Å². The lowest BCUT2D eigenvalue weighted by Crippen LogP contribution is -2.41. The smallest absolute Gasteiger partial charge is 0.231 e. The number of carbonyl (C=O) groups excluding carboxylic acids is 1. The maximum Gasteiger partial charge on any atom is 0.231 e. The highest BCUT2D eigenvalue weighted by molar-refractivity contribution is 9.09. The highest BCUT2D eigenvalue weighted by Gasteiger charge is 2.24. The number of rotatable bonds is 3. The molecule has 1 N–H and O–H groups in total. The van der Waals surface area contributed by atoms with Gasteiger partial charge in [0.15, 0.2) is 0 Å². The molecule has 13 heavy (non-hydrogen) atoms. The molecule has 1 aromatic heterocycles. The molecule has 0 unspecified atom stereocenters. The number of furan rings is 1. The standard InChI is InChI=1S/C9H12BrNO2/c1-9(2,11-8(12)6-10)7-4-3-5-13-7/h3-5H,6H2,1-2H3,(H,11,12). The zero-order valence-corrected chi connectivity index (χ0v) is 9.22. The molecule has 0 fully saturated rings. The first kappa shape index (κ1) is 10.3. The van der Waals surface area contributed by atoms with Crippen molar-refractivity contribution in [3.63, 3.8) is 0 Å². The van der Waals surface area contributed by atoms with Crippen molar-refractivity contribution in [3.05, 3.63) is 24.2 Å². The van der Waals surface area contributed by atoms with E-state index in [4.69, 9.17) is 4.42 Å². The molecule has 0 bridgehead atoms. The van der Waals surface area contributed by atoms with Crippen molar-refractivity contribution < 1.29 is 9.21 Å². The third-order valence-corrected chi connectivity index (χ3v) is 2.22. The second kappa shape index (κ2) is 3.96. The normalized spacial score (nSPS) is 11.3. The van der Waals surface area contributed by atoms with Gasteiger partial charge in [0.25, 0.3) is 0 Å². The Morgan fingerprint density at radius 2 is 2.38 bits per heavy atom. The zero-order valence-electron chi connectivity index (χ0n) is 7.63. The number of carbonyl (C=O) groups is 1. The molecule has 1 aromatic rings. The largest absolute Gasteiger partial charge is 0.467 e. The van der Waals surface area contributed by atoms with E-state index in [-0.39, 0.29) is 5.91 Å². The molecule has 0 aliphatic carbocycles. The van der Waals surface area contributed by atoms with Gasteiger partial charge >= 0.3 is 0 Å². The Kier molecular flexibility index (Phi) is 3.14. The number of nitrogens with one attached hydrogen (secondary N) is 1. The monoisotopic (exact) mass is 245 g/mol.